The summed E-state index contributed by atoms with van der Waals surface area (Å²) in [6, 6.07) is 3.99. The van der Waals surface area contributed by atoms with Crippen LogP contribution in [0.25, 0.3) is 0 Å². The zero-order valence-electron chi connectivity index (χ0n) is 11.6. The molecule has 0 atom stereocenters. The van der Waals surface area contributed by atoms with Gasteiger partial charge in [0.2, 0.25) is 0 Å². The minimum absolute atomic E-state index is 0.253. The Bertz CT molecular complexity index is 472. The first kappa shape index (κ1) is 15.7. The molecule has 1 aliphatic carbocycles. The third-order valence-electron chi connectivity index (χ3n) is 3.99. The topological polar surface area (TPSA) is 12.0 Å². The Morgan fingerprint density at radius 1 is 1.20 bits per heavy atom. The number of benzene rings is 1. The molecule has 0 saturated heterocycles. The van der Waals surface area contributed by atoms with Crippen molar-refractivity contribution in [1.82, 2.24) is 0 Å². The second-order valence-electron chi connectivity index (χ2n) is 6.28. The van der Waals surface area contributed by atoms with E-state index in [4.69, 9.17) is 0 Å². The first-order valence-corrected chi connectivity index (χ1v) is 7.60. The van der Waals surface area contributed by atoms with Crippen LogP contribution in [0, 0.1) is 5.41 Å². The lowest BCUT2D eigenvalue weighted by Gasteiger charge is -2.35. The molecule has 112 valence electrons. The van der Waals surface area contributed by atoms with E-state index < -0.39 is 11.7 Å². The first-order chi connectivity index (χ1) is 9.17. The summed E-state index contributed by atoms with van der Waals surface area (Å²) in [4.78, 5) is 0. The zero-order valence-corrected chi connectivity index (χ0v) is 13.2. The van der Waals surface area contributed by atoms with Gasteiger partial charge in [-0.25, -0.2) is 0 Å². The molecule has 0 unspecified atom stereocenters. The van der Waals surface area contributed by atoms with Crippen LogP contribution in [0.2, 0.25) is 0 Å². The molecule has 2 rings (SSSR count). The Hall–Kier alpha value is -0.710. The predicted molar refractivity (Wildman–Crippen MR) is 78.8 cm³/mol. The third-order valence-corrected chi connectivity index (χ3v) is 4.68. The summed E-state index contributed by atoms with van der Waals surface area (Å²) in [6.45, 7) is 4.48. The maximum absolute atomic E-state index is 12.7. The Morgan fingerprint density at radius 2 is 1.80 bits per heavy atom. The highest BCUT2D eigenvalue weighted by Gasteiger charge is 2.31. The molecule has 0 amide bonds. The lowest BCUT2D eigenvalue weighted by Crippen LogP contribution is -2.30. The largest absolute Gasteiger partial charge is 0.416 e. The van der Waals surface area contributed by atoms with E-state index in [0.717, 1.165) is 31.7 Å². The molecule has 0 bridgehead atoms. The Morgan fingerprint density at radius 3 is 2.35 bits per heavy atom. The van der Waals surface area contributed by atoms with E-state index in [2.05, 4.69) is 35.1 Å². The number of hydrogen-bond donors (Lipinski definition) is 1. The van der Waals surface area contributed by atoms with Crippen molar-refractivity contribution >= 4 is 21.6 Å². The van der Waals surface area contributed by atoms with Crippen LogP contribution in [-0.4, -0.2) is 6.04 Å². The number of rotatable bonds is 2. The smallest absolute Gasteiger partial charge is 0.381 e. The van der Waals surface area contributed by atoms with Crippen molar-refractivity contribution in [2.45, 2.75) is 51.7 Å². The summed E-state index contributed by atoms with van der Waals surface area (Å²) in [6.07, 6.45) is -0.112. The van der Waals surface area contributed by atoms with Crippen LogP contribution < -0.4 is 5.32 Å². The van der Waals surface area contributed by atoms with E-state index in [1.807, 2.05) is 0 Å². The van der Waals surface area contributed by atoms with E-state index in [1.54, 1.807) is 0 Å². The highest BCUT2D eigenvalue weighted by atomic mass is 79.9. The molecule has 1 saturated carbocycles. The second kappa shape index (κ2) is 5.58. The van der Waals surface area contributed by atoms with Crippen molar-refractivity contribution in [2.24, 2.45) is 5.41 Å². The fraction of sp³-hybridized carbons (Fsp3) is 0.600. The molecule has 1 nitrogen and oxygen atoms in total. The molecule has 0 aromatic heterocycles. The molecule has 20 heavy (non-hydrogen) atoms. The van der Waals surface area contributed by atoms with E-state index in [0.29, 0.717) is 15.6 Å². The first-order valence-electron chi connectivity index (χ1n) is 6.81. The number of nitrogens with one attached hydrogen (secondary N) is 1. The Kier molecular flexibility index (Phi) is 4.38. The third kappa shape index (κ3) is 3.90. The van der Waals surface area contributed by atoms with Crippen LogP contribution in [0.1, 0.15) is 45.1 Å². The molecule has 0 spiro atoms. The van der Waals surface area contributed by atoms with E-state index >= 15 is 0 Å². The fourth-order valence-electron chi connectivity index (χ4n) is 2.58. The van der Waals surface area contributed by atoms with Crippen LogP contribution in [0.3, 0.4) is 0 Å². The lowest BCUT2D eigenvalue weighted by atomic mass is 9.75. The van der Waals surface area contributed by atoms with E-state index in [-0.39, 0.29) is 6.04 Å². The molecule has 1 aromatic rings. The van der Waals surface area contributed by atoms with E-state index in [9.17, 15) is 13.2 Å². The van der Waals surface area contributed by atoms with Gasteiger partial charge >= 0.3 is 6.18 Å². The molecule has 0 heterocycles. The average molecular weight is 350 g/mol. The van der Waals surface area contributed by atoms with Gasteiger partial charge in [0.1, 0.15) is 0 Å². The maximum Gasteiger partial charge on any atom is 0.416 e. The highest BCUT2D eigenvalue weighted by molar-refractivity contribution is 9.10. The average Bonchev–Trinajstić information content (AvgIpc) is 2.33. The second-order valence-corrected chi connectivity index (χ2v) is 7.13. The summed E-state index contributed by atoms with van der Waals surface area (Å²) in [5.74, 6) is 0. The van der Waals surface area contributed by atoms with Crippen LogP contribution in [0.5, 0.6) is 0 Å². The van der Waals surface area contributed by atoms with Gasteiger partial charge in [0, 0.05) is 16.2 Å². The van der Waals surface area contributed by atoms with Gasteiger partial charge in [-0.15, -0.1) is 0 Å². The Balaban J connectivity index is 2.10. The van der Waals surface area contributed by atoms with Crippen molar-refractivity contribution in [3.63, 3.8) is 0 Å². The van der Waals surface area contributed by atoms with Gasteiger partial charge in [0.15, 0.2) is 0 Å². The summed E-state index contributed by atoms with van der Waals surface area (Å²) < 4.78 is 38.9. The summed E-state index contributed by atoms with van der Waals surface area (Å²) in [5, 5.41) is 3.25. The molecular formula is C15H19BrF3N. The molecule has 1 fully saturated rings. The standard InChI is InChI=1S/C15H19BrF3N/c1-14(2)7-5-11(6-8-14)20-13-9-10(15(17,18)19)3-4-12(13)16/h3-4,9,11,20H,5-8H2,1-2H3. The molecule has 1 N–H and O–H groups in total. The minimum atomic E-state index is -4.30. The van der Waals surface area contributed by atoms with Crippen molar-refractivity contribution < 1.29 is 13.2 Å². The van der Waals surface area contributed by atoms with Gasteiger partial charge in [0.25, 0.3) is 0 Å². The normalized spacial score (nSPS) is 19.9. The van der Waals surface area contributed by atoms with Crippen molar-refractivity contribution in [3.8, 4) is 0 Å². The lowest BCUT2D eigenvalue weighted by molar-refractivity contribution is -0.137. The summed E-state index contributed by atoms with van der Waals surface area (Å²) >= 11 is 3.32. The maximum atomic E-state index is 12.7. The van der Waals surface area contributed by atoms with Gasteiger partial charge in [0.05, 0.1) is 5.56 Å². The van der Waals surface area contributed by atoms with Crippen molar-refractivity contribution in [3.05, 3.63) is 28.2 Å². The summed E-state index contributed by atoms with van der Waals surface area (Å²) in [7, 11) is 0. The monoisotopic (exact) mass is 349 g/mol. The highest BCUT2D eigenvalue weighted by Crippen LogP contribution is 2.38. The number of alkyl halides is 3. The Labute approximate surface area is 126 Å². The predicted octanol–water partition coefficient (Wildman–Crippen LogP) is 5.85. The number of halogens is 4. The van der Waals surface area contributed by atoms with Gasteiger partial charge in [-0.3, -0.25) is 0 Å². The molecule has 1 aromatic carbocycles. The van der Waals surface area contributed by atoms with Crippen molar-refractivity contribution in [2.75, 3.05) is 5.32 Å². The van der Waals surface area contributed by atoms with Gasteiger partial charge in [-0.05, 0) is 65.2 Å². The van der Waals surface area contributed by atoms with E-state index in [1.165, 1.54) is 12.1 Å². The van der Waals surface area contributed by atoms with Crippen LogP contribution in [-0.2, 0) is 6.18 Å². The van der Waals surface area contributed by atoms with Gasteiger partial charge < -0.3 is 5.32 Å². The van der Waals surface area contributed by atoms with Crippen molar-refractivity contribution in [1.29, 1.82) is 0 Å². The quantitative estimate of drug-likeness (QED) is 0.706. The zero-order chi connectivity index (χ0) is 15.0. The molecule has 0 aliphatic heterocycles. The summed E-state index contributed by atoms with van der Waals surface area (Å²) in [5.41, 5.74) is 0.271. The number of hydrogen-bond acceptors (Lipinski definition) is 1. The van der Waals surface area contributed by atoms with Crippen LogP contribution in [0.15, 0.2) is 22.7 Å². The molecular weight excluding hydrogens is 331 g/mol. The molecule has 1 aliphatic rings. The minimum Gasteiger partial charge on any atom is -0.381 e. The van der Waals surface area contributed by atoms with Crippen LogP contribution >= 0.6 is 15.9 Å². The number of anilines is 1. The SMILES string of the molecule is CC1(C)CCC(Nc2cc(C(F)(F)F)ccc2Br)CC1. The molecule has 0 radical (unpaired) electrons. The fourth-order valence-corrected chi connectivity index (χ4v) is 2.94. The van der Waals surface area contributed by atoms with Gasteiger partial charge in [-0.2, -0.15) is 13.2 Å². The van der Waals surface area contributed by atoms with Gasteiger partial charge in [-0.1, -0.05) is 13.8 Å². The molecule has 5 heteroatoms. The van der Waals surface area contributed by atoms with Crippen LogP contribution in [0.4, 0.5) is 18.9 Å².